The number of hydrogen-bond acceptors (Lipinski definition) is 4. The molecule has 3 aromatic rings. The molecule has 1 atom stereocenters. The van der Waals surface area contributed by atoms with E-state index in [0.717, 1.165) is 16.9 Å². The van der Waals surface area contributed by atoms with Gasteiger partial charge in [0.1, 0.15) is 28.1 Å². The maximum Gasteiger partial charge on any atom is 0.209 e. The maximum atomic E-state index is 14.5. The van der Waals surface area contributed by atoms with Crippen molar-refractivity contribution in [1.82, 2.24) is 5.32 Å². The second kappa shape index (κ2) is 7.15. The van der Waals surface area contributed by atoms with Gasteiger partial charge in [0.05, 0.1) is 5.57 Å². The van der Waals surface area contributed by atoms with E-state index in [1.54, 1.807) is 19.1 Å². The Balaban J connectivity index is 1.68. The molecule has 1 N–H and O–H groups in total. The van der Waals surface area contributed by atoms with Crippen LogP contribution < -0.4 is 15.0 Å². The van der Waals surface area contributed by atoms with Crippen LogP contribution in [-0.2, 0) is 6.42 Å². The Kier molecular flexibility index (Phi) is 4.56. The largest absolute Gasteiger partial charge is 0.462 e. The van der Waals surface area contributed by atoms with Crippen LogP contribution in [0, 0.1) is 19.7 Å². The summed E-state index contributed by atoms with van der Waals surface area (Å²) in [6.07, 6.45) is 0.0899. The Hall–Kier alpha value is -2.83. The van der Waals surface area contributed by atoms with Gasteiger partial charge in [-0.3, -0.25) is 4.90 Å². The highest BCUT2D eigenvalue weighted by Crippen LogP contribution is 2.41. The number of benzene rings is 2. The second-order valence-corrected chi connectivity index (χ2v) is 8.29. The first kappa shape index (κ1) is 19.2. The Morgan fingerprint density at radius 2 is 1.97 bits per heavy atom. The molecule has 2 aliphatic heterocycles. The van der Waals surface area contributed by atoms with E-state index in [4.69, 9.17) is 33.0 Å². The van der Waals surface area contributed by atoms with E-state index in [-0.39, 0.29) is 5.82 Å². The minimum Gasteiger partial charge on any atom is -0.462 e. The summed E-state index contributed by atoms with van der Waals surface area (Å²) in [5.41, 5.74) is 2.98. The SMILES string of the molecule is Cc1ccc([C@H]2NC(=S)C3=C(Oc4ccc(Cl)cc4C3)N2c2ccc(C)c(F)c2)o1. The van der Waals surface area contributed by atoms with E-state index in [2.05, 4.69) is 5.32 Å². The van der Waals surface area contributed by atoms with Gasteiger partial charge in [-0.25, -0.2) is 4.39 Å². The first-order chi connectivity index (χ1) is 14.4. The minimum absolute atomic E-state index is 0.292. The van der Waals surface area contributed by atoms with Gasteiger partial charge in [0.25, 0.3) is 0 Å². The average molecular weight is 441 g/mol. The molecule has 0 fully saturated rings. The van der Waals surface area contributed by atoms with Gasteiger partial charge >= 0.3 is 0 Å². The lowest BCUT2D eigenvalue weighted by Gasteiger charge is -2.41. The smallest absolute Gasteiger partial charge is 0.209 e. The highest BCUT2D eigenvalue weighted by atomic mass is 35.5. The molecule has 4 nitrogen and oxygen atoms in total. The van der Waals surface area contributed by atoms with E-state index >= 15 is 0 Å². The second-order valence-electron chi connectivity index (χ2n) is 7.44. The molecule has 2 aliphatic rings. The summed E-state index contributed by atoms with van der Waals surface area (Å²) >= 11 is 11.8. The molecule has 30 heavy (non-hydrogen) atoms. The predicted octanol–water partition coefficient (Wildman–Crippen LogP) is 5.97. The molecule has 1 aromatic heterocycles. The number of rotatable bonds is 2. The quantitative estimate of drug-likeness (QED) is 0.497. The number of nitrogens with one attached hydrogen (secondary N) is 1. The minimum atomic E-state index is -0.471. The molecular formula is C23H18ClFN2O2S. The van der Waals surface area contributed by atoms with E-state index in [1.165, 1.54) is 6.07 Å². The molecule has 0 unspecified atom stereocenters. The Morgan fingerprint density at radius 3 is 2.70 bits per heavy atom. The molecule has 0 aliphatic carbocycles. The van der Waals surface area contributed by atoms with Crippen molar-refractivity contribution >= 4 is 34.5 Å². The fourth-order valence-corrected chi connectivity index (χ4v) is 4.25. The average Bonchev–Trinajstić information content (AvgIpc) is 3.15. The molecule has 7 heteroatoms. The molecule has 2 aromatic carbocycles. The highest BCUT2D eigenvalue weighted by molar-refractivity contribution is 7.80. The lowest BCUT2D eigenvalue weighted by molar-refractivity contribution is 0.338. The topological polar surface area (TPSA) is 37.6 Å². The molecule has 3 heterocycles. The van der Waals surface area contributed by atoms with E-state index in [1.807, 2.05) is 42.2 Å². The summed E-state index contributed by atoms with van der Waals surface area (Å²) in [6.45, 7) is 3.61. The third-order valence-corrected chi connectivity index (χ3v) is 5.94. The molecule has 0 radical (unpaired) electrons. The number of aryl methyl sites for hydroxylation is 2. The zero-order valence-electron chi connectivity index (χ0n) is 16.3. The van der Waals surface area contributed by atoms with Gasteiger partial charge in [-0.15, -0.1) is 0 Å². The van der Waals surface area contributed by atoms with Gasteiger partial charge in [0.15, 0.2) is 6.17 Å². The summed E-state index contributed by atoms with van der Waals surface area (Å²) in [7, 11) is 0. The number of fused-ring (bicyclic) bond motifs is 1. The lowest BCUT2D eigenvalue weighted by atomic mass is 9.99. The third-order valence-electron chi connectivity index (χ3n) is 5.34. The summed E-state index contributed by atoms with van der Waals surface area (Å²) < 4.78 is 26.7. The van der Waals surface area contributed by atoms with Crippen molar-refractivity contribution in [3.63, 3.8) is 0 Å². The van der Waals surface area contributed by atoms with Crippen molar-refractivity contribution in [2.24, 2.45) is 0 Å². The van der Waals surface area contributed by atoms with Gasteiger partial charge in [0, 0.05) is 22.7 Å². The van der Waals surface area contributed by atoms with E-state index in [9.17, 15) is 4.39 Å². The zero-order chi connectivity index (χ0) is 21.0. The molecular weight excluding hydrogens is 423 g/mol. The van der Waals surface area contributed by atoms with Gasteiger partial charge < -0.3 is 14.5 Å². The molecule has 0 saturated carbocycles. The van der Waals surface area contributed by atoms with Crippen LogP contribution in [0.5, 0.6) is 5.75 Å². The van der Waals surface area contributed by atoms with Crippen LogP contribution in [0.25, 0.3) is 0 Å². The fraction of sp³-hybridized carbons (Fsp3) is 0.174. The van der Waals surface area contributed by atoms with Crippen LogP contribution >= 0.6 is 23.8 Å². The Morgan fingerprint density at radius 1 is 1.13 bits per heavy atom. The van der Waals surface area contributed by atoms with Crippen molar-refractivity contribution in [3.8, 4) is 5.75 Å². The predicted molar refractivity (Wildman–Crippen MR) is 118 cm³/mol. The summed E-state index contributed by atoms with van der Waals surface area (Å²) in [6, 6.07) is 14.4. The van der Waals surface area contributed by atoms with Gasteiger partial charge in [-0.1, -0.05) is 29.9 Å². The lowest BCUT2D eigenvalue weighted by Crippen LogP contribution is -2.49. The third kappa shape index (κ3) is 3.16. The first-order valence-corrected chi connectivity index (χ1v) is 10.3. The van der Waals surface area contributed by atoms with Crippen molar-refractivity contribution < 1.29 is 13.5 Å². The van der Waals surface area contributed by atoms with Crippen molar-refractivity contribution in [2.45, 2.75) is 26.4 Å². The Bertz CT molecular complexity index is 1220. The molecule has 152 valence electrons. The van der Waals surface area contributed by atoms with Gasteiger partial charge in [-0.05, 0) is 61.9 Å². The number of furan rings is 1. The number of nitrogens with zero attached hydrogens (tertiary/aromatic N) is 1. The van der Waals surface area contributed by atoms with Gasteiger partial charge in [-0.2, -0.15) is 0 Å². The zero-order valence-corrected chi connectivity index (χ0v) is 17.9. The fourth-order valence-electron chi connectivity index (χ4n) is 3.78. The number of halogens is 2. The van der Waals surface area contributed by atoms with Crippen molar-refractivity contribution in [1.29, 1.82) is 0 Å². The van der Waals surface area contributed by atoms with Crippen LogP contribution in [0.4, 0.5) is 10.1 Å². The normalized spacial score (nSPS) is 17.9. The Labute approximate surface area is 183 Å². The van der Waals surface area contributed by atoms with Crippen LogP contribution in [-0.4, -0.2) is 4.99 Å². The number of ether oxygens (including phenoxy) is 1. The van der Waals surface area contributed by atoms with Crippen molar-refractivity contribution in [2.75, 3.05) is 4.90 Å². The highest BCUT2D eigenvalue weighted by Gasteiger charge is 2.39. The number of hydrogen-bond donors (Lipinski definition) is 1. The molecule has 0 bridgehead atoms. The molecule has 0 amide bonds. The summed E-state index contributed by atoms with van der Waals surface area (Å²) in [5, 5.41) is 3.98. The van der Waals surface area contributed by atoms with E-state index < -0.39 is 6.17 Å². The monoisotopic (exact) mass is 440 g/mol. The van der Waals surface area contributed by atoms with Crippen LogP contribution in [0.15, 0.2) is 64.4 Å². The summed E-state index contributed by atoms with van der Waals surface area (Å²) in [4.78, 5) is 2.46. The molecule has 0 saturated heterocycles. The molecule has 0 spiro atoms. The van der Waals surface area contributed by atoms with Crippen molar-refractivity contribution in [3.05, 3.63) is 93.5 Å². The van der Waals surface area contributed by atoms with Crippen LogP contribution in [0.2, 0.25) is 5.02 Å². The van der Waals surface area contributed by atoms with Gasteiger partial charge in [0.2, 0.25) is 5.88 Å². The molecule has 5 rings (SSSR count). The maximum absolute atomic E-state index is 14.5. The standard InChI is InChI=1S/C23H18ClFN2O2S/c1-12-3-6-16(11-18(12)25)27-21(20-7-4-13(2)28-20)26-22(30)17-10-14-9-15(24)5-8-19(14)29-23(17)27/h3-9,11,21H,10H2,1-2H3,(H,26,30)/t21-/m0/s1. The van der Waals surface area contributed by atoms with E-state index in [0.29, 0.717) is 45.1 Å². The first-order valence-electron chi connectivity index (χ1n) is 9.53. The van der Waals surface area contributed by atoms with Crippen LogP contribution in [0.3, 0.4) is 0 Å². The number of anilines is 1. The van der Waals surface area contributed by atoms with Crippen LogP contribution in [0.1, 0.15) is 28.8 Å². The summed E-state index contributed by atoms with van der Waals surface area (Å²) in [5.74, 6) is 2.41. The number of thiocarbonyl (C=S) groups is 1.